The van der Waals surface area contributed by atoms with E-state index in [0.717, 1.165) is 52.7 Å². The lowest BCUT2D eigenvalue weighted by atomic mass is 9.93. The second-order valence-corrected chi connectivity index (χ2v) is 11.9. The molecule has 1 saturated heterocycles. The maximum Gasteiger partial charge on any atom is 0.416 e. The number of aromatic nitrogens is 2. The highest BCUT2D eigenvalue weighted by molar-refractivity contribution is 5.75. The second-order valence-electron chi connectivity index (χ2n) is 11.9. The van der Waals surface area contributed by atoms with E-state index in [1.165, 1.54) is 18.5 Å². The highest BCUT2D eigenvalue weighted by Gasteiger charge is 2.31. The number of carboxylic acid groups (broad SMARTS) is 1. The van der Waals surface area contributed by atoms with Gasteiger partial charge in [0.1, 0.15) is 0 Å². The third-order valence-corrected chi connectivity index (χ3v) is 8.05. The summed E-state index contributed by atoms with van der Waals surface area (Å²) >= 11 is 0. The number of morpholine rings is 1. The Kier molecular flexibility index (Phi) is 10.7. The molecule has 0 saturated carbocycles. The normalized spacial score (nSPS) is 13.4. The molecule has 11 heteroatoms. The quantitative estimate of drug-likeness (QED) is 0.159. The van der Waals surface area contributed by atoms with E-state index in [1.807, 2.05) is 11.8 Å². The Morgan fingerprint density at radius 3 is 2.38 bits per heavy atom. The van der Waals surface area contributed by atoms with Gasteiger partial charge >= 0.3 is 12.1 Å². The summed E-state index contributed by atoms with van der Waals surface area (Å²) in [5, 5.41) is 8.87. The standard InChI is InChI=1S/C36H39F3N4O4/c1-24-6-9-32(33-19-30(8-7-26(33)3)42-10-13-46-14-11-42)28(16-24)23-43(22-27-15-25(2)17-29(18-27)36(37,38)39)35-40-20-31(21-41-35)47-12-4-5-34(44)45/h6-9,15-21H,4-5,10-14,22-23H2,1-3H3,(H,44,45). The summed E-state index contributed by atoms with van der Waals surface area (Å²) in [5.41, 5.74) is 6.62. The maximum absolute atomic E-state index is 13.8. The number of anilines is 2. The summed E-state index contributed by atoms with van der Waals surface area (Å²) in [6.07, 6.45) is -1.16. The number of rotatable bonds is 12. The van der Waals surface area contributed by atoms with Crippen LogP contribution in [0.25, 0.3) is 11.1 Å². The van der Waals surface area contributed by atoms with Gasteiger partial charge in [0.05, 0.1) is 37.8 Å². The summed E-state index contributed by atoms with van der Waals surface area (Å²) in [5.74, 6) is -0.204. The third kappa shape index (κ3) is 9.00. The molecule has 2 heterocycles. The van der Waals surface area contributed by atoms with E-state index in [2.05, 4.69) is 58.2 Å². The monoisotopic (exact) mass is 648 g/mol. The van der Waals surface area contributed by atoms with Crippen molar-refractivity contribution in [1.29, 1.82) is 0 Å². The molecule has 3 aromatic carbocycles. The summed E-state index contributed by atoms with van der Waals surface area (Å²) < 4.78 is 52.5. The molecule has 5 rings (SSSR count). The molecule has 1 aliphatic heterocycles. The lowest BCUT2D eigenvalue weighted by Gasteiger charge is -2.30. The zero-order chi connectivity index (χ0) is 33.6. The van der Waals surface area contributed by atoms with Crippen LogP contribution in [0.15, 0.2) is 67.0 Å². The number of halogens is 3. The van der Waals surface area contributed by atoms with Crippen molar-refractivity contribution < 1.29 is 32.5 Å². The van der Waals surface area contributed by atoms with Crippen LogP contribution < -0.4 is 14.5 Å². The van der Waals surface area contributed by atoms with Crippen molar-refractivity contribution >= 4 is 17.6 Å². The molecule has 0 atom stereocenters. The van der Waals surface area contributed by atoms with Crippen molar-refractivity contribution in [2.24, 2.45) is 0 Å². The molecule has 0 aliphatic carbocycles. The molecule has 0 amide bonds. The predicted octanol–water partition coefficient (Wildman–Crippen LogP) is 7.37. The first-order valence-electron chi connectivity index (χ1n) is 15.6. The van der Waals surface area contributed by atoms with Crippen LogP contribution in [0.4, 0.5) is 24.8 Å². The van der Waals surface area contributed by atoms with Crippen LogP contribution in [0.3, 0.4) is 0 Å². The maximum atomic E-state index is 13.8. The Morgan fingerprint density at radius 1 is 0.936 bits per heavy atom. The van der Waals surface area contributed by atoms with Gasteiger partial charge in [-0.25, -0.2) is 9.97 Å². The summed E-state index contributed by atoms with van der Waals surface area (Å²) in [6.45, 7) is 9.35. The second kappa shape index (κ2) is 14.8. The Hall–Kier alpha value is -4.64. The minimum atomic E-state index is -4.48. The molecule has 0 radical (unpaired) electrons. The van der Waals surface area contributed by atoms with Crippen LogP contribution in [0.1, 0.15) is 46.2 Å². The van der Waals surface area contributed by atoms with Gasteiger partial charge in [-0.1, -0.05) is 41.5 Å². The van der Waals surface area contributed by atoms with E-state index in [1.54, 1.807) is 13.0 Å². The Morgan fingerprint density at radius 2 is 1.68 bits per heavy atom. The molecule has 1 aliphatic rings. The fourth-order valence-corrected chi connectivity index (χ4v) is 5.74. The van der Waals surface area contributed by atoms with E-state index in [9.17, 15) is 18.0 Å². The van der Waals surface area contributed by atoms with E-state index < -0.39 is 17.7 Å². The van der Waals surface area contributed by atoms with Gasteiger partial charge in [-0.2, -0.15) is 13.2 Å². The minimum absolute atomic E-state index is 0.0171. The number of hydrogen-bond donors (Lipinski definition) is 1. The van der Waals surface area contributed by atoms with Crippen molar-refractivity contribution in [3.63, 3.8) is 0 Å². The average molecular weight is 649 g/mol. The molecular weight excluding hydrogens is 609 g/mol. The Bertz CT molecular complexity index is 1690. The van der Waals surface area contributed by atoms with Gasteiger partial charge in [0.25, 0.3) is 0 Å². The molecule has 0 spiro atoms. The smallest absolute Gasteiger partial charge is 0.416 e. The first kappa shape index (κ1) is 33.7. The fourth-order valence-electron chi connectivity index (χ4n) is 5.74. The van der Waals surface area contributed by atoms with Gasteiger partial charge in [0.15, 0.2) is 5.75 Å². The number of aryl methyl sites for hydroxylation is 3. The van der Waals surface area contributed by atoms with Crippen molar-refractivity contribution in [2.45, 2.75) is 52.9 Å². The molecule has 47 heavy (non-hydrogen) atoms. The number of carbonyl (C=O) groups is 1. The minimum Gasteiger partial charge on any atom is -0.490 e. The van der Waals surface area contributed by atoms with Crippen molar-refractivity contribution in [3.05, 3.63) is 100 Å². The largest absolute Gasteiger partial charge is 0.490 e. The number of hydrogen-bond acceptors (Lipinski definition) is 7. The Balaban J connectivity index is 1.50. The highest BCUT2D eigenvalue weighted by atomic mass is 19.4. The molecule has 1 N–H and O–H groups in total. The Labute approximate surface area is 272 Å². The first-order chi connectivity index (χ1) is 22.5. The van der Waals surface area contributed by atoms with Crippen LogP contribution in [0.5, 0.6) is 5.75 Å². The van der Waals surface area contributed by atoms with E-state index >= 15 is 0 Å². The van der Waals surface area contributed by atoms with Gasteiger partial charge in [-0.15, -0.1) is 0 Å². The average Bonchev–Trinajstić information content (AvgIpc) is 3.03. The van der Waals surface area contributed by atoms with Gasteiger partial charge in [-0.3, -0.25) is 4.79 Å². The zero-order valence-electron chi connectivity index (χ0n) is 26.8. The molecular formula is C36H39F3N4O4. The molecule has 0 unspecified atom stereocenters. The van der Waals surface area contributed by atoms with E-state index in [-0.39, 0.29) is 19.6 Å². The number of alkyl halides is 3. The number of ether oxygens (including phenoxy) is 2. The van der Waals surface area contributed by atoms with E-state index in [0.29, 0.717) is 49.0 Å². The van der Waals surface area contributed by atoms with Gasteiger partial charge in [0.2, 0.25) is 5.95 Å². The van der Waals surface area contributed by atoms with Crippen LogP contribution in [-0.4, -0.2) is 54.0 Å². The fraction of sp³-hybridized carbons (Fsp3) is 0.361. The number of carboxylic acids is 1. The molecule has 8 nitrogen and oxygen atoms in total. The number of benzene rings is 3. The van der Waals surface area contributed by atoms with Gasteiger partial charge in [-0.05, 0) is 79.3 Å². The van der Waals surface area contributed by atoms with Crippen molar-refractivity contribution in [3.8, 4) is 16.9 Å². The summed E-state index contributed by atoms with van der Waals surface area (Å²) in [7, 11) is 0. The zero-order valence-corrected chi connectivity index (χ0v) is 26.8. The van der Waals surface area contributed by atoms with Crippen molar-refractivity contribution in [1.82, 2.24) is 9.97 Å². The SMILES string of the molecule is Cc1cc(CN(Cc2cc(C)ccc2-c2cc(N3CCOCC3)ccc2C)c2ncc(OCCCC(=O)O)cn2)cc(C(F)(F)F)c1. The summed E-state index contributed by atoms with van der Waals surface area (Å²) in [6, 6.07) is 16.8. The molecule has 0 bridgehead atoms. The van der Waals surface area contributed by atoms with Gasteiger partial charge in [0, 0.05) is 38.3 Å². The number of nitrogens with zero attached hydrogens (tertiary/aromatic N) is 4. The first-order valence-corrected chi connectivity index (χ1v) is 15.6. The van der Waals surface area contributed by atoms with Crippen LogP contribution in [0.2, 0.25) is 0 Å². The van der Waals surface area contributed by atoms with Crippen LogP contribution >= 0.6 is 0 Å². The lowest BCUT2D eigenvalue weighted by molar-refractivity contribution is -0.138. The highest BCUT2D eigenvalue weighted by Crippen LogP contribution is 2.34. The van der Waals surface area contributed by atoms with Crippen molar-refractivity contribution in [2.75, 3.05) is 42.7 Å². The van der Waals surface area contributed by atoms with Crippen LogP contribution in [0, 0.1) is 20.8 Å². The topological polar surface area (TPSA) is 88.0 Å². The van der Waals surface area contributed by atoms with Crippen LogP contribution in [-0.2, 0) is 28.8 Å². The molecule has 4 aromatic rings. The third-order valence-electron chi connectivity index (χ3n) is 8.05. The predicted molar refractivity (Wildman–Crippen MR) is 175 cm³/mol. The number of aliphatic carboxylic acids is 1. The lowest BCUT2D eigenvalue weighted by Crippen LogP contribution is -2.36. The molecule has 248 valence electrons. The van der Waals surface area contributed by atoms with Gasteiger partial charge < -0.3 is 24.4 Å². The van der Waals surface area contributed by atoms with E-state index in [4.69, 9.17) is 14.6 Å². The molecule has 1 aromatic heterocycles. The summed E-state index contributed by atoms with van der Waals surface area (Å²) in [4.78, 5) is 24.0. The molecule has 1 fully saturated rings.